The number of rotatable bonds is 1. The highest BCUT2D eigenvalue weighted by molar-refractivity contribution is 5.00. The number of aromatic nitrogens is 2. The lowest BCUT2D eigenvalue weighted by atomic mass is 10.2. The van der Waals surface area contributed by atoms with Crippen molar-refractivity contribution in [1.29, 1.82) is 0 Å². The van der Waals surface area contributed by atoms with Crippen molar-refractivity contribution in [3.05, 3.63) is 18.2 Å². The molecule has 0 aliphatic rings. The van der Waals surface area contributed by atoms with Crippen molar-refractivity contribution in [1.82, 2.24) is 9.55 Å². The lowest BCUT2D eigenvalue weighted by Crippen LogP contribution is -1.85. The quantitative estimate of drug-likeness (QED) is 0.608. The van der Waals surface area contributed by atoms with E-state index in [1.165, 1.54) is 0 Å². The van der Waals surface area contributed by atoms with Crippen molar-refractivity contribution < 1.29 is 0 Å². The van der Waals surface area contributed by atoms with E-state index in [2.05, 4.69) is 18.8 Å². The SMILES string of the molecule is CC.CC(C)c1cn(C)cn1. The summed E-state index contributed by atoms with van der Waals surface area (Å²) in [4.78, 5) is 4.18. The van der Waals surface area contributed by atoms with E-state index in [4.69, 9.17) is 0 Å². The number of hydrogen-bond donors (Lipinski definition) is 0. The lowest BCUT2D eigenvalue weighted by molar-refractivity contribution is 0.829. The van der Waals surface area contributed by atoms with E-state index >= 15 is 0 Å². The van der Waals surface area contributed by atoms with E-state index in [0.717, 1.165) is 5.69 Å². The monoisotopic (exact) mass is 154 g/mol. The molecule has 0 saturated heterocycles. The van der Waals surface area contributed by atoms with E-state index < -0.39 is 0 Å². The van der Waals surface area contributed by atoms with Gasteiger partial charge in [-0.2, -0.15) is 0 Å². The third kappa shape index (κ3) is 3.21. The summed E-state index contributed by atoms with van der Waals surface area (Å²) in [6.07, 6.45) is 3.88. The lowest BCUT2D eigenvalue weighted by Gasteiger charge is -1.95. The molecule has 0 saturated carbocycles. The summed E-state index contributed by atoms with van der Waals surface area (Å²) in [6, 6.07) is 0. The molecule has 1 aromatic rings. The Balaban J connectivity index is 0.000000461. The van der Waals surface area contributed by atoms with Crippen LogP contribution in [-0.4, -0.2) is 9.55 Å². The third-order valence-corrected chi connectivity index (χ3v) is 1.32. The van der Waals surface area contributed by atoms with Crippen molar-refractivity contribution in [3.8, 4) is 0 Å². The van der Waals surface area contributed by atoms with Crippen molar-refractivity contribution in [2.24, 2.45) is 7.05 Å². The van der Waals surface area contributed by atoms with E-state index in [1.807, 2.05) is 38.0 Å². The zero-order chi connectivity index (χ0) is 8.85. The number of aryl methyl sites for hydroxylation is 1. The van der Waals surface area contributed by atoms with Crippen LogP contribution < -0.4 is 0 Å². The van der Waals surface area contributed by atoms with Gasteiger partial charge in [0.2, 0.25) is 0 Å². The van der Waals surface area contributed by atoms with Crippen LogP contribution in [-0.2, 0) is 7.05 Å². The summed E-state index contributed by atoms with van der Waals surface area (Å²) in [5, 5.41) is 0. The molecular weight excluding hydrogens is 136 g/mol. The van der Waals surface area contributed by atoms with Crippen molar-refractivity contribution in [3.63, 3.8) is 0 Å². The molecule has 0 bridgehead atoms. The van der Waals surface area contributed by atoms with Crippen LogP contribution in [0.3, 0.4) is 0 Å². The summed E-state index contributed by atoms with van der Waals surface area (Å²) in [6.45, 7) is 8.28. The van der Waals surface area contributed by atoms with E-state index in [1.54, 1.807) is 0 Å². The number of hydrogen-bond acceptors (Lipinski definition) is 1. The Kier molecular flexibility index (Phi) is 4.59. The summed E-state index contributed by atoms with van der Waals surface area (Å²) >= 11 is 0. The smallest absolute Gasteiger partial charge is 0.0946 e. The molecule has 1 aromatic heterocycles. The Hall–Kier alpha value is -0.790. The fraction of sp³-hybridized carbons (Fsp3) is 0.667. The first-order valence-electron chi connectivity index (χ1n) is 4.18. The van der Waals surface area contributed by atoms with Crippen LogP contribution in [0.4, 0.5) is 0 Å². The van der Waals surface area contributed by atoms with E-state index in [-0.39, 0.29) is 0 Å². The van der Waals surface area contributed by atoms with Crippen LogP contribution in [0.1, 0.15) is 39.3 Å². The van der Waals surface area contributed by atoms with Crippen LogP contribution in [0, 0.1) is 0 Å². The fourth-order valence-electron chi connectivity index (χ4n) is 0.731. The molecule has 0 amide bonds. The molecule has 2 heteroatoms. The standard InChI is InChI=1S/C7H12N2.C2H6/c1-6(2)7-4-9(3)5-8-7;1-2/h4-6H,1-3H3;1-2H3. The maximum Gasteiger partial charge on any atom is 0.0946 e. The van der Waals surface area contributed by atoms with Gasteiger partial charge in [0.25, 0.3) is 0 Å². The molecule has 1 rings (SSSR count). The Bertz CT molecular complexity index is 189. The van der Waals surface area contributed by atoms with Crippen LogP contribution in [0.2, 0.25) is 0 Å². The second kappa shape index (κ2) is 4.94. The average molecular weight is 154 g/mol. The first kappa shape index (κ1) is 10.2. The van der Waals surface area contributed by atoms with Gasteiger partial charge in [0, 0.05) is 13.2 Å². The van der Waals surface area contributed by atoms with E-state index in [9.17, 15) is 0 Å². The molecule has 0 aromatic carbocycles. The molecule has 0 atom stereocenters. The zero-order valence-electron chi connectivity index (χ0n) is 8.13. The minimum Gasteiger partial charge on any atom is -0.340 e. The van der Waals surface area contributed by atoms with Gasteiger partial charge in [-0.05, 0) is 5.92 Å². The van der Waals surface area contributed by atoms with Crippen LogP contribution in [0.25, 0.3) is 0 Å². The highest BCUT2D eigenvalue weighted by Crippen LogP contribution is 2.08. The van der Waals surface area contributed by atoms with Gasteiger partial charge >= 0.3 is 0 Å². The normalized spacial score (nSPS) is 9.27. The predicted molar refractivity (Wildman–Crippen MR) is 48.6 cm³/mol. The van der Waals surface area contributed by atoms with Gasteiger partial charge in [0.1, 0.15) is 0 Å². The Morgan fingerprint density at radius 2 is 1.91 bits per heavy atom. The van der Waals surface area contributed by atoms with Crippen LogP contribution in [0.15, 0.2) is 12.5 Å². The zero-order valence-corrected chi connectivity index (χ0v) is 8.13. The fourth-order valence-corrected chi connectivity index (χ4v) is 0.731. The van der Waals surface area contributed by atoms with Crippen LogP contribution >= 0.6 is 0 Å². The van der Waals surface area contributed by atoms with Gasteiger partial charge in [-0.15, -0.1) is 0 Å². The molecule has 0 N–H and O–H groups in total. The van der Waals surface area contributed by atoms with Gasteiger partial charge in [0.15, 0.2) is 0 Å². The first-order chi connectivity index (χ1) is 5.20. The molecule has 2 nitrogen and oxygen atoms in total. The second-order valence-electron chi connectivity index (χ2n) is 2.62. The van der Waals surface area contributed by atoms with Gasteiger partial charge in [-0.3, -0.25) is 0 Å². The maximum atomic E-state index is 4.18. The van der Waals surface area contributed by atoms with Gasteiger partial charge in [-0.25, -0.2) is 4.98 Å². The Morgan fingerprint density at radius 3 is 2.09 bits per heavy atom. The van der Waals surface area contributed by atoms with Crippen molar-refractivity contribution in [2.45, 2.75) is 33.6 Å². The molecule has 0 aliphatic carbocycles. The number of nitrogens with zero attached hydrogens (tertiary/aromatic N) is 2. The maximum absolute atomic E-state index is 4.18. The minimum absolute atomic E-state index is 0.547. The predicted octanol–water partition coefficient (Wildman–Crippen LogP) is 2.57. The largest absolute Gasteiger partial charge is 0.340 e. The molecule has 64 valence electrons. The summed E-state index contributed by atoms with van der Waals surface area (Å²) in [5.74, 6) is 0.547. The highest BCUT2D eigenvalue weighted by Gasteiger charge is 1.99. The highest BCUT2D eigenvalue weighted by atomic mass is 15.0. The topological polar surface area (TPSA) is 17.8 Å². The molecule has 0 spiro atoms. The molecule has 0 aliphatic heterocycles. The van der Waals surface area contributed by atoms with E-state index in [0.29, 0.717) is 5.92 Å². The minimum atomic E-state index is 0.547. The average Bonchev–Trinajstić information content (AvgIpc) is 2.40. The summed E-state index contributed by atoms with van der Waals surface area (Å²) in [5.41, 5.74) is 1.16. The number of imidazole rings is 1. The van der Waals surface area contributed by atoms with Gasteiger partial charge < -0.3 is 4.57 Å². The molecular formula is C9H18N2. The summed E-state index contributed by atoms with van der Waals surface area (Å²) < 4.78 is 1.97. The van der Waals surface area contributed by atoms with Crippen molar-refractivity contribution >= 4 is 0 Å². The molecule has 0 radical (unpaired) electrons. The Morgan fingerprint density at radius 1 is 1.36 bits per heavy atom. The molecule has 0 unspecified atom stereocenters. The molecule has 1 heterocycles. The second-order valence-corrected chi connectivity index (χ2v) is 2.62. The van der Waals surface area contributed by atoms with Crippen LogP contribution in [0.5, 0.6) is 0 Å². The van der Waals surface area contributed by atoms with Gasteiger partial charge in [-0.1, -0.05) is 27.7 Å². The van der Waals surface area contributed by atoms with Crippen molar-refractivity contribution in [2.75, 3.05) is 0 Å². The third-order valence-electron chi connectivity index (χ3n) is 1.32. The first-order valence-corrected chi connectivity index (χ1v) is 4.18. The molecule has 11 heavy (non-hydrogen) atoms. The molecule has 0 fully saturated rings. The summed E-state index contributed by atoms with van der Waals surface area (Å²) in [7, 11) is 1.98. The van der Waals surface area contributed by atoms with Gasteiger partial charge in [0.05, 0.1) is 12.0 Å². The Labute approximate surface area is 69.3 Å².